The third-order valence-electron chi connectivity index (χ3n) is 4.05. The van der Waals surface area contributed by atoms with E-state index in [0.717, 1.165) is 26.5 Å². The number of methoxy groups -OCH3 is 1. The SMILES string of the molecule is COC(=O)C(=O)C[C@H](c1cccc(Br)c1)c1c[nH]c2ccccc12. The average Bonchev–Trinajstić information content (AvgIpc) is 3.02. The molecule has 0 spiro atoms. The number of ether oxygens (including phenoxy) is 1. The first-order valence-corrected chi connectivity index (χ1v) is 8.32. The minimum absolute atomic E-state index is 0.0605. The number of esters is 1. The largest absolute Gasteiger partial charge is 0.463 e. The van der Waals surface area contributed by atoms with E-state index in [0.29, 0.717) is 0 Å². The molecule has 3 rings (SSSR count). The lowest BCUT2D eigenvalue weighted by Crippen LogP contribution is -2.19. The van der Waals surface area contributed by atoms with Crippen molar-refractivity contribution in [3.8, 4) is 0 Å². The number of H-pyrrole nitrogens is 1. The lowest BCUT2D eigenvalue weighted by Gasteiger charge is -2.16. The van der Waals surface area contributed by atoms with Crippen molar-refractivity contribution >= 4 is 38.6 Å². The summed E-state index contributed by atoms with van der Waals surface area (Å²) in [7, 11) is 1.22. The molecule has 0 amide bonds. The van der Waals surface area contributed by atoms with E-state index in [2.05, 4.69) is 25.7 Å². The highest BCUT2D eigenvalue weighted by Gasteiger charge is 2.25. The number of aromatic nitrogens is 1. The molecule has 2 aromatic carbocycles. The van der Waals surface area contributed by atoms with E-state index in [1.54, 1.807) is 0 Å². The van der Waals surface area contributed by atoms with Crippen LogP contribution in [0.4, 0.5) is 0 Å². The molecule has 24 heavy (non-hydrogen) atoms. The zero-order valence-electron chi connectivity index (χ0n) is 13.1. The second kappa shape index (κ2) is 7.01. The third kappa shape index (κ3) is 3.26. The van der Waals surface area contributed by atoms with Crippen molar-refractivity contribution in [1.82, 2.24) is 4.98 Å². The molecule has 4 nitrogen and oxygen atoms in total. The highest BCUT2D eigenvalue weighted by molar-refractivity contribution is 9.10. The second-order valence-electron chi connectivity index (χ2n) is 5.52. The maximum absolute atomic E-state index is 12.2. The molecule has 5 heteroatoms. The van der Waals surface area contributed by atoms with Crippen molar-refractivity contribution in [2.45, 2.75) is 12.3 Å². The lowest BCUT2D eigenvalue weighted by atomic mass is 9.87. The zero-order valence-corrected chi connectivity index (χ0v) is 14.7. The van der Waals surface area contributed by atoms with Crippen LogP contribution in [0.25, 0.3) is 10.9 Å². The normalized spacial score (nSPS) is 12.1. The third-order valence-corrected chi connectivity index (χ3v) is 4.54. The molecule has 0 aliphatic carbocycles. The quantitative estimate of drug-likeness (QED) is 0.528. The molecule has 1 atom stereocenters. The molecule has 0 aliphatic heterocycles. The van der Waals surface area contributed by atoms with Crippen LogP contribution in [0.2, 0.25) is 0 Å². The maximum atomic E-state index is 12.2. The van der Waals surface area contributed by atoms with Gasteiger partial charge in [-0.25, -0.2) is 4.79 Å². The van der Waals surface area contributed by atoms with Gasteiger partial charge in [0.15, 0.2) is 0 Å². The Kier molecular flexibility index (Phi) is 4.81. The predicted octanol–water partition coefficient (Wildman–Crippen LogP) is 4.19. The number of halogens is 1. The van der Waals surface area contributed by atoms with Gasteiger partial charge in [-0.3, -0.25) is 4.79 Å². The van der Waals surface area contributed by atoms with Gasteiger partial charge in [0.1, 0.15) is 0 Å². The van der Waals surface area contributed by atoms with Gasteiger partial charge in [-0.05, 0) is 29.3 Å². The van der Waals surface area contributed by atoms with Crippen molar-refractivity contribution in [1.29, 1.82) is 0 Å². The van der Waals surface area contributed by atoms with Crippen LogP contribution in [0.3, 0.4) is 0 Å². The van der Waals surface area contributed by atoms with Crippen LogP contribution in [-0.2, 0) is 14.3 Å². The number of hydrogen-bond donors (Lipinski definition) is 1. The summed E-state index contributed by atoms with van der Waals surface area (Å²) >= 11 is 3.47. The van der Waals surface area contributed by atoms with Crippen LogP contribution >= 0.6 is 15.9 Å². The summed E-state index contributed by atoms with van der Waals surface area (Å²) in [6.07, 6.45) is 1.96. The van der Waals surface area contributed by atoms with Gasteiger partial charge in [0.2, 0.25) is 5.78 Å². The molecular weight excluding hydrogens is 370 g/mol. The van der Waals surface area contributed by atoms with E-state index in [1.165, 1.54) is 7.11 Å². The number of nitrogens with one attached hydrogen (secondary N) is 1. The number of para-hydroxylation sites is 1. The molecule has 0 fully saturated rings. The van der Waals surface area contributed by atoms with Crippen molar-refractivity contribution in [3.63, 3.8) is 0 Å². The molecule has 0 unspecified atom stereocenters. The molecule has 0 saturated carbocycles. The van der Waals surface area contributed by atoms with Crippen LogP contribution in [-0.4, -0.2) is 23.8 Å². The smallest absolute Gasteiger partial charge is 0.374 e. The van der Waals surface area contributed by atoms with E-state index in [9.17, 15) is 9.59 Å². The molecule has 1 aromatic heterocycles. The summed E-state index contributed by atoms with van der Waals surface area (Å²) < 4.78 is 5.50. The Labute approximate surface area is 148 Å². The first kappa shape index (κ1) is 16.5. The van der Waals surface area contributed by atoms with E-state index in [4.69, 9.17) is 0 Å². The number of fused-ring (bicyclic) bond motifs is 1. The van der Waals surface area contributed by atoms with Gasteiger partial charge in [-0.1, -0.05) is 46.3 Å². The van der Waals surface area contributed by atoms with Crippen molar-refractivity contribution in [3.05, 3.63) is 70.3 Å². The highest BCUT2D eigenvalue weighted by Crippen LogP contribution is 2.34. The molecular formula is C19H16BrNO3. The predicted molar refractivity (Wildman–Crippen MR) is 95.9 cm³/mol. The molecule has 1 N–H and O–H groups in total. The minimum atomic E-state index is -0.810. The van der Waals surface area contributed by atoms with Gasteiger partial charge in [0.25, 0.3) is 0 Å². The van der Waals surface area contributed by atoms with Gasteiger partial charge >= 0.3 is 5.97 Å². The number of carbonyl (C=O) groups excluding carboxylic acids is 2. The van der Waals surface area contributed by atoms with Crippen molar-refractivity contribution < 1.29 is 14.3 Å². The van der Waals surface area contributed by atoms with Crippen molar-refractivity contribution in [2.24, 2.45) is 0 Å². The molecule has 1 heterocycles. The Morgan fingerprint density at radius 3 is 2.71 bits per heavy atom. The summed E-state index contributed by atoms with van der Waals surface area (Å²) in [5.74, 6) is -1.58. The summed E-state index contributed by atoms with van der Waals surface area (Å²) in [5.41, 5.74) is 2.95. The zero-order chi connectivity index (χ0) is 17.1. The fourth-order valence-electron chi connectivity index (χ4n) is 2.90. The lowest BCUT2D eigenvalue weighted by molar-refractivity contribution is -0.151. The van der Waals surface area contributed by atoms with Gasteiger partial charge < -0.3 is 9.72 Å². The average molecular weight is 386 g/mol. The fourth-order valence-corrected chi connectivity index (χ4v) is 3.31. The monoisotopic (exact) mass is 385 g/mol. The van der Waals surface area contributed by atoms with Crippen LogP contribution in [0.1, 0.15) is 23.5 Å². The number of hydrogen-bond acceptors (Lipinski definition) is 3. The Balaban J connectivity index is 2.08. The number of rotatable bonds is 5. The Morgan fingerprint density at radius 1 is 1.17 bits per heavy atom. The van der Waals surface area contributed by atoms with E-state index in [-0.39, 0.29) is 12.3 Å². The Morgan fingerprint density at radius 2 is 1.96 bits per heavy atom. The van der Waals surface area contributed by atoms with Gasteiger partial charge in [-0.2, -0.15) is 0 Å². The number of ketones is 1. The summed E-state index contributed by atoms with van der Waals surface area (Å²) in [6.45, 7) is 0. The van der Waals surface area contributed by atoms with E-state index < -0.39 is 11.8 Å². The summed E-state index contributed by atoms with van der Waals surface area (Å²) in [5, 5.41) is 1.04. The van der Waals surface area contributed by atoms with Crippen LogP contribution < -0.4 is 0 Å². The molecule has 0 bridgehead atoms. The minimum Gasteiger partial charge on any atom is -0.463 e. The van der Waals surface area contributed by atoms with Gasteiger partial charge in [-0.15, -0.1) is 0 Å². The van der Waals surface area contributed by atoms with Crippen LogP contribution in [0, 0.1) is 0 Å². The second-order valence-corrected chi connectivity index (χ2v) is 6.43. The standard InChI is InChI=1S/C19H16BrNO3/c1-24-19(23)18(22)10-15(12-5-4-6-13(20)9-12)16-11-21-17-8-3-2-7-14(16)17/h2-9,11,15,21H,10H2,1H3/t15-/m1/s1. The number of carbonyl (C=O) groups is 2. The molecule has 0 aliphatic rings. The summed E-state index contributed by atoms with van der Waals surface area (Å²) in [4.78, 5) is 27.0. The fraction of sp³-hybridized carbons (Fsp3) is 0.158. The topological polar surface area (TPSA) is 59.2 Å². The molecule has 122 valence electrons. The van der Waals surface area contributed by atoms with Gasteiger partial charge in [0.05, 0.1) is 7.11 Å². The van der Waals surface area contributed by atoms with E-state index in [1.807, 2.05) is 54.7 Å². The molecule has 3 aromatic rings. The molecule has 0 radical (unpaired) electrons. The number of Topliss-reactive ketones (excluding diaryl/α,β-unsaturated/α-hetero) is 1. The maximum Gasteiger partial charge on any atom is 0.374 e. The first-order valence-electron chi connectivity index (χ1n) is 7.52. The Hall–Kier alpha value is -2.40. The number of benzene rings is 2. The number of aromatic amines is 1. The highest BCUT2D eigenvalue weighted by atomic mass is 79.9. The van der Waals surface area contributed by atoms with Crippen molar-refractivity contribution in [2.75, 3.05) is 7.11 Å². The van der Waals surface area contributed by atoms with Crippen LogP contribution in [0.15, 0.2) is 59.2 Å². The Bertz CT molecular complexity index is 900. The van der Waals surface area contributed by atoms with E-state index >= 15 is 0 Å². The molecule has 0 saturated heterocycles. The first-order chi connectivity index (χ1) is 11.6. The summed E-state index contributed by atoms with van der Waals surface area (Å²) in [6, 6.07) is 15.7. The van der Waals surface area contributed by atoms with Crippen LogP contribution in [0.5, 0.6) is 0 Å². The van der Waals surface area contributed by atoms with Gasteiger partial charge in [0, 0.05) is 33.9 Å².